The number of nitrogens with one attached hydrogen (secondary N) is 1. The second-order valence-electron chi connectivity index (χ2n) is 6.41. The molecule has 1 aliphatic heterocycles. The van der Waals surface area contributed by atoms with Gasteiger partial charge in [-0.05, 0) is 25.6 Å². The van der Waals surface area contributed by atoms with Gasteiger partial charge < -0.3 is 10.2 Å². The Hall–Kier alpha value is -2.25. The van der Waals surface area contributed by atoms with Crippen LogP contribution in [0.15, 0.2) is 36.5 Å². The Morgan fingerprint density at radius 2 is 1.92 bits per heavy atom. The topological polar surface area (TPSA) is 66.3 Å². The van der Waals surface area contributed by atoms with Gasteiger partial charge in [0.2, 0.25) is 0 Å². The Morgan fingerprint density at radius 3 is 2.60 bits per heavy atom. The second kappa shape index (κ2) is 8.22. The lowest BCUT2D eigenvalue weighted by atomic mass is 10.2. The van der Waals surface area contributed by atoms with Gasteiger partial charge in [-0.25, -0.2) is 4.68 Å². The summed E-state index contributed by atoms with van der Waals surface area (Å²) in [4.78, 5) is 17.2. The van der Waals surface area contributed by atoms with Crippen LogP contribution in [0.2, 0.25) is 0 Å². The van der Waals surface area contributed by atoms with Crippen molar-refractivity contribution in [2.75, 3.05) is 39.3 Å². The Kier molecular flexibility index (Phi) is 5.78. The zero-order valence-corrected chi connectivity index (χ0v) is 14.9. The van der Waals surface area contributed by atoms with Crippen molar-refractivity contribution in [2.45, 2.75) is 19.9 Å². The van der Waals surface area contributed by atoms with Gasteiger partial charge in [-0.15, -0.1) is 5.10 Å². The molecule has 7 nitrogen and oxygen atoms in total. The Morgan fingerprint density at radius 1 is 1.20 bits per heavy atom. The number of hydrogen-bond acceptors (Lipinski definition) is 5. The summed E-state index contributed by atoms with van der Waals surface area (Å²) in [6, 6.07) is 9.96. The summed E-state index contributed by atoms with van der Waals surface area (Å²) in [5, 5.41) is 11.0. The van der Waals surface area contributed by atoms with Gasteiger partial charge in [-0.3, -0.25) is 9.69 Å². The maximum Gasteiger partial charge on any atom is 0.273 e. The van der Waals surface area contributed by atoms with Gasteiger partial charge in [0.25, 0.3) is 5.91 Å². The number of benzene rings is 1. The molecule has 1 aromatic carbocycles. The first-order valence-electron chi connectivity index (χ1n) is 8.89. The van der Waals surface area contributed by atoms with E-state index in [1.165, 1.54) is 0 Å². The minimum absolute atomic E-state index is 0.179. The van der Waals surface area contributed by atoms with Crippen LogP contribution in [0, 0.1) is 0 Å². The number of likely N-dealkylation sites (N-methyl/N-ethyl adjacent to an activating group) is 1. The molecule has 2 heterocycles. The Bertz CT molecular complexity index is 678. The van der Waals surface area contributed by atoms with Crippen molar-refractivity contribution in [3.05, 3.63) is 42.2 Å². The predicted molar refractivity (Wildman–Crippen MR) is 96.8 cm³/mol. The van der Waals surface area contributed by atoms with Gasteiger partial charge in [0.15, 0.2) is 5.69 Å². The predicted octanol–water partition coefficient (Wildman–Crippen LogP) is 1.02. The van der Waals surface area contributed by atoms with Gasteiger partial charge in [-0.2, -0.15) is 0 Å². The maximum atomic E-state index is 12.3. The summed E-state index contributed by atoms with van der Waals surface area (Å²) in [7, 11) is 0. The molecule has 0 saturated carbocycles. The highest BCUT2D eigenvalue weighted by molar-refractivity contribution is 5.91. The van der Waals surface area contributed by atoms with Crippen molar-refractivity contribution in [3.8, 4) is 5.69 Å². The van der Waals surface area contributed by atoms with Crippen LogP contribution in [0.1, 0.15) is 24.3 Å². The first-order chi connectivity index (χ1) is 12.2. The highest BCUT2D eigenvalue weighted by Gasteiger charge is 2.21. The zero-order valence-electron chi connectivity index (χ0n) is 14.9. The average molecular weight is 342 g/mol. The van der Waals surface area contributed by atoms with Crippen LogP contribution in [0.25, 0.3) is 5.69 Å². The number of amides is 1. The molecular formula is C18H26N6O. The van der Waals surface area contributed by atoms with E-state index in [0.717, 1.165) is 38.4 Å². The van der Waals surface area contributed by atoms with E-state index in [0.29, 0.717) is 18.3 Å². The van der Waals surface area contributed by atoms with Gasteiger partial charge in [0, 0.05) is 38.8 Å². The fraction of sp³-hybridized carbons (Fsp3) is 0.500. The summed E-state index contributed by atoms with van der Waals surface area (Å²) in [5.74, 6) is -0.179. The molecule has 7 heteroatoms. The molecule has 1 N–H and O–H groups in total. The van der Waals surface area contributed by atoms with Gasteiger partial charge >= 0.3 is 0 Å². The van der Waals surface area contributed by atoms with Crippen LogP contribution in [0.5, 0.6) is 0 Å². The van der Waals surface area contributed by atoms with Gasteiger partial charge in [-0.1, -0.05) is 30.3 Å². The number of aromatic nitrogens is 3. The SMILES string of the molecule is CCN1CCN(C(C)CNC(=O)c2cn(-c3ccccc3)nn2)CC1. The molecule has 0 spiro atoms. The van der Waals surface area contributed by atoms with Crippen LogP contribution < -0.4 is 5.32 Å². The van der Waals surface area contributed by atoms with Crippen LogP contribution in [-0.4, -0.2) is 76.0 Å². The summed E-state index contributed by atoms with van der Waals surface area (Å²) in [5.41, 5.74) is 1.23. The summed E-state index contributed by atoms with van der Waals surface area (Å²) in [6.45, 7) is 10.4. The van der Waals surface area contributed by atoms with E-state index < -0.39 is 0 Å². The molecule has 1 amide bonds. The lowest BCUT2D eigenvalue weighted by Gasteiger charge is -2.37. The molecule has 1 fully saturated rings. The van der Waals surface area contributed by atoms with Crippen molar-refractivity contribution in [1.82, 2.24) is 30.1 Å². The van der Waals surface area contributed by atoms with Crippen LogP contribution in [-0.2, 0) is 0 Å². The lowest BCUT2D eigenvalue weighted by molar-refractivity contribution is 0.0879. The average Bonchev–Trinajstić information content (AvgIpc) is 3.17. The third-order valence-corrected chi connectivity index (χ3v) is 4.78. The van der Waals surface area contributed by atoms with Gasteiger partial charge in [0.05, 0.1) is 11.9 Å². The van der Waals surface area contributed by atoms with Crippen LogP contribution in [0.4, 0.5) is 0 Å². The van der Waals surface area contributed by atoms with Crippen molar-refractivity contribution in [1.29, 1.82) is 0 Å². The van der Waals surface area contributed by atoms with Crippen molar-refractivity contribution >= 4 is 5.91 Å². The molecule has 0 bridgehead atoms. The van der Waals surface area contributed by atoms with Crippen molar-refractivity contribution < 1.29 is 4.79 Å². The molecular weight excluding hydrogens is 316 g/mol. The fourth-order valence-electron chi connectivity index (χ4n) is 3.06. The summed E-state index contributed by atoms with van der Waals surface area (Å²) >= 11 is 0. The maximum absolute atomic E-state index is 12.3. The number of para-hydroxylation sites is 1. The molecule has 25 heavy (non-hydrogen) atoms. The third kappa shape index (κ3) is 4.43. The Balaban J connectivity index is 1.50. The normalized spacial score (nSPS) is 17.4. The minimum atomic E-state index is -0.179. The molecule has 1 unspecified atom stereocenters. The lowest BCUT2D eigenvalue weighted by Crippen LogP contribution is -2.52. The Labute approximate surface area is 148 Å². The molecule has 2 aromatic rings. The van der Waals surface area contributed by atoms with E-state index in [2.05, 4.69) is 39.3 Å². The van der Waals surface area contributed by atoms with E-state index in [4.69, 9.17) is 0 Å². The minimum Gasteiger partial charge on any atom is -0.349 e. The highest BCUT2D eigenvalue weighted by Crippen LogP contribution is 2.07. The quantitative estimate of drug-likeness (QED) is 0.849. The first kappa shape index (κ1) is 17.6. The molecule has 1 saturated heterocycles. The number of carbonyl (C=O) groups excluding carboxylic acids is 1. The molecule has 0 aliphatic carbocycles. The van der Waals surface area contributed by atoms with E-state index in [9.17, 15) is 4.79 Å². The molecule has 1 atom stereocenters. The standard InChI is InChI=1S/C18H26N6O/c1-3-22-9-11-23(12-10-22)15(2)13-19-18(25)17-14-24(21-20-17)16-7-5-4-6-8-16/h4-8,14-15H,3,9-13H2,1-2H3,(H,19,25). The second-order valence-corrected chi connectivity index (χ2v) is 6.41. The number of carbonyl (C=O) groups is 1. The first-order valence-corrected chi connectivity index (χ1v) is 8.89. The highest BCUT2D eigenvalue weighted by atomic mass is 16.2. The van der Waals surface area contributed by atoms with Crippen LogP contribution in [0.3, 0.4) is 0 Å². The molecule has 3 rings (SSSR count). The summed E-state index contributed by atoms with van der Waals surface area (Å²) in [6.07, 6.45) is 1.66. The van der Waals surface area contributed by atoms with E-state index >= 15 is 0 Å². The van der Waals surface area contributed by atoms with Crippen molar-refractivity contribution in [3.63, 3.8) is 0 Å². The van der Waals surface area contributed by atoms with Gasteiger partial charge in [0.1, 0.15) is 0 Å². The number of nitrogens with zero attached hydrogens (tertiary/aromatic N) is 5. The van der Waals surface area contributed by atoms with E-state index in [1.54, 1.807) is 10.9 Å². The van der Waals surface area contributed by atoms with Crippen LogP contribution >= 0.6 is 0 Å². The largest absolute Gasteiger partial charge is 0.349 e. The molecule has 0 radical (unpaired) electrons. The number of piperazine rings is 1. The van der Waals surface area contributed by atoms with Crippen molar-refractivity contribution in [2.24, 2.45) is 0 Å². The summed E-state index contributed by atoms with van der Waals surface area (Å²) < 4.78 is 1.61. The van der Waals surface area contributed by atoms with E-state index in [1.807, 2.05) is 30.3 Å². The number of rotatable bonds is 6. The zero-order chi connectivity index (χ0) is 17.6. The fourth-order valence-corrected chi connectivity index (χ4v) is 3.06. The molecule has 1 aliphatic rings. The third-order valence-electron chi connectivity index (χ3n) is 4.78. The molecule has 134 valence electrons. The number of hydrogen-bond donors (Lipinski definition) is 1. The monoisotopic (exact) mass is 342 g/mol. The van der Waals surface area contributed by atoms with E-state index in [-0.39, 0.29) is 5.91 Å². The molecule has 1 aromatic heterocycles. The smallest absolute Gasteiger partial charge is 0.273 e.